The SMILES string of the molecule is CCc1ccccc1N1CC(c2nnc(NC(=O)CSCc3ccc(F)cc3)s2)CC1=O. The molecule has 1 N–H and O–H groups in total. The molecule has 2 heterocycles. The number of hydrogen-bond donors (Lipinski definition) is 1. The number of carbonyl (C=O) groups excluding carboxylic acids is 2. The van der Waals surface area contributed by atoms with Gasteiger partial charge in [0.1, 0.15) is 10.8 Å². The number of halogens is 1. The van der Waals surface area contributed by atoms with Crippen molar-refractivity contribution in [3.63, 3.8) is 0 Å². The molecule has 2 amide bonds. The first-order chi connectivity index (χ1) is 15.5. The maximum atomic E-state index is 13.0. The summed E-state index contributed by atoms with van der Waals surface area (Å²) < 4.78 is 13.0. The highest BCUT2D eigenvalue weighted by Crippen LogP contribution is 2.35. The molecule has 1 aliphatic rings. The Balaban J connectivity index is 1.31. The van der Waals surface area contributed by atoms with Crippen LogP contribution in [0.3, 0.4) is 0 Å². The minimum atomic E-state index is -0.273. The van der Waals surface area contributed by atoms with Crippen LogP contribution in [0.2, 0.25) is 0 Å². The average Bonchev–Trinajstić information content (AvgIpc) is 3.41. The third-order valence-electron chi connectivity index (χ3n) is 5.24. The lowest BCUT2D eigenvalue weighted by molar-refractivity contribution is -0.117. The number of para-hydroxylation sites is 1. The summed E-state index contributed by atoms with van der Waals surface area (Å²) in [5.74, 6) is 0.479. The lowest BCUT2D eigenvalue weighted by atomic mass is 10.1. The fourth-order valence-corrected chi connectivity index (χ4v) is 5.27. The van der Waals surface area contributed by atoms with Crippen molar-refractivity contribution in [1.29, 1.82) is 0 Å². The molecular formula is C23H23FN4O2S2. The van der Waals surface area contributed by atoms with Gasteiger partial charge in [-0.25, -0.2) is 4.39 Å². The summed E-state index contributed by atoms with van der Waals surface area (Å²) in [6.07, 6.45) is 1.24. The molecule has 3 aromatic rings. The van der Waals surface area contributed by atoms with Crippen molar-refractivity contribution in [1.82, 2.24) is 10.2 Å². The molecule has 9 heteroatoms. The molecule has 2 aromatic carbocycles. The summed E-state index contributed by atoms with van der Waals surface area (Å²) in [6, 6.07) is 14.2. The zero-order valence-electron chi connectivity index (χ0n) is 17.6. The zero-order valence-corrected chi connectivity index (χ0v) is 19.2. The molecule has 0 saturated carbocycles. The van der Waals surface area contributed by atoms with Gasteiger partial charge in [-0.3, -0.25) is 14.9 Å². The number of thioether (sulfide) groups is 1. The van der Waals surface area contributed by atoms with Crippen LogP contribution in [0.25, 0.3) is 0 Å². The van der Waals surface area contributed by atoms with E-state index < -0.39 is 0 Å². The van der Waals surface area contributed by atoms with Crippen LogP contribution in [0.4, 0.5) is 15.2 Å². The van der Waals surface area contributed by atoms with Gasteiger partial charge in [-0.2, -0.15) is 0 Å². The predicted octanol–water partition coefficient (Wildman–Crippen LogP) is 4.63. The number of anilines is 2. The molecule has 0 radical (unpaired) electrons. The molecule has 0 spiro atoms. The molecule has 166 valence electrons. The molecule has 1 unspecified atom stereocenters. The van der Waals surface area contributed by atoms with Gasteiger partial charge >= 0.3 is 0 Å². The molecule has 1 atom stereocenters. The van der Waals surface area contributed by atoms with E-state index in [-0.39, 0.29) is 29.3 Å². The number of benzene rings is 2. The van der Waals surface area contributed by atoms with Crippen LogP contribution in [0.1, 0.15) is 35.4 Å². The van der Waals surface area contributed by atoms with Crippen molar-refractivity contribution in [2.45, 2.75) is 31.4 Å². The second-order valence-corrected chi connectivity index (χ2v) is 9.50. The van der Waals surface area contributed by atoms with Crippen LogP contribution < -0.4 is 10.2 Å². The van der Waals surface area contributed by atoms with E-state index in [4.69, 9.17) is 0 Å². The van der Waals surface area contributed by atoms with Crippen LogP contribution in [0.15, 0.2) is 48.5 Å². The van der Waals surface area contributed by atoms with E-state index in [9.17, 15) is 14.0 Å². The largest absolute Gasteiger partial charge is 0.311 e. The Bertz CT molecular complexity index is 1100. The minimum absolute atomic E-state index is 0.0385. The molecular weight excluding hydrogens is 447 g/mol. The van der Waals surface area contributed by atoms with Crippen molar-refractivity contribution in [3.8, 4) is 0 Å². The van der Waals surface area contributed by atoms with Crippen LogP contribution in [0, 0.1) is 5.82 Å². The van der Waals surface area contributed by atoms with Crippen molar-refractivity contribution in [3.05, 3.63) is 70.5 Å². The summed E-state index contributed by atoms with van der Waals surface area (Å²) in [4.78, 5) is 26.7. The number of aromatic nitrogens is 2. The topological polar surface area (TPSA) is 75.2 Å². The number of rotatable bonds is 8. The fraction of sp³-hybridized carbons (Fsp3) is 0.304. The molecule has 1 aliphatic heterocycles. The quantitative estimate of drug-likeness (QED) is 0.519. The third kappa shape index (κ3) is 5.34. The highest BCUT2D eigenvalue weighted by atomic mass is 32.2. The Labute approximate surface area is 194 Å². The Hall–Kier alpha value is -2.78. The van der Waals surface area contributed by atoms with Gasteiger partial charge in [-0.15, -0.1) is 22.0 Å². The van der Waals surface area contributed by atoms with E-state index in [1.807, 2.05) is 29.2 Å². The van der Waals surface area contributed by atoms with Gasteiger partial charge in [0, 0.05) is 30.3 Å². The first-order valence-corrected chi connectivity index (χ1v) is 12.3. The lowest BCUT2D eigenvalue weighted by Crippen LogP contribution is -2.25. The molecule has 0 aliphatic carbocycles. The van der Waals surface area contributed by atoms with Crippen molar-refractivity contribution >= 4 is 45.7 Å². The normalized spacial score (nSPS) is 15.9. The molecule has 32 heavy (non-hydrogen) atoms. The highest BCUT2D eigenvalue weighted by Gasteiger charge is 2.34. The number of amides is 2. The van der Waals surface area contributed by atoms with Gasteiger partial charge in [-0.1, -0.05) is 48.6 Å². The van der Waals surface area contributed by atoms with E-state index in [2.05, 4.69) is 22.4 Å². The Morgan fingerprint density at radius 1 is 1.22 bits per heavy atom. The van der Waals surface area contributed by atoms with Crippen LogP contribution in [-0.4, -0.2) is 34.3 Å². The zero-order chi connectivity index (χ0) is 22.5. The van der Waals surface area contributed by atoms with Gasteiger partial charge in [0.05, 0.1) is 5.75 Å². The monoisotopic (exact) mass is 470 g/mol. The molecule has 1 aromatic heterocycles. The summed E-state index contributed by atoms with van der Waals surface area (Å²) in [7, 11) is 0. The highest BCUT2D eigenvalue weighted by molar-refractivity contribution is 7.99. The third-order valence-corrected chi connectivity index (χ3v) is 7.24. The second kappa shape index (κ2) is 10.2. The summed E-state index contributed by atoms with van der Waals surface area (Å²) in [5.41, 5.74) is 3.06. The van der Waals surface area contributed by atoms with Crippen molar-refractivity contribution < 1.29 is 14.0 Å². The molecule has 0 bridgehead atoms. The smallest absolute Gasteiger partial charge is 0.236 e. The predicted molar refractivity (Wildman–Crippen MR) is 127 cm³/mol. The van der Waals surface area contributed by atoms with Gasteiger partial charge in [0.25, 0.3) is 0 Å². The number of carbonyl (C=O) groups is 2. The maximum Gasteiger partial charge on any atom is 0.236 e. The van der Waals surface area contributed by atoms with Crippen molar-refractivity contribution in [2.75, 3.05) is 22.5 Å². The minimum Gasteiger partial charge on any atom is -0.311 e. The average molecular weight is 471 g/mol. The molecule has 1 fully saturated rings. The standard InChI is InChI=1S/C23H23FN4O2S2/c1-2-16-5-3-4-6-19(16)28-12-17(11-21(28)30)22-26-27-23(32-22)25-20(29)14-31-13-15-7-9-18(24)10-8-15/h3-10,17H,2,11-14H2,1H3,(H,25,27,29). The first kappa shape index (κ1) is 22.4. The second-order valence-electron chi connectivity index (χ2n) is 7.50. The van der Waals surface area contributed by atoms with Crippen molar-refractivity contribution in [2.24, 2.45) is 0 Å². The Morgan fingerprint density at radius 3 is 2.78 bits per heavy atom. The number of nitrogens with one attached hydrogen (secondary N) is 1. The first-order valence-electron chi connectivity index (χ1n) is 10.4. The Kier molecular flexibility index (Phi) is 7.16. The summed E-state index contributed by atoms with van der Waals surface area (Å²) in [5, 5.41) is 12.3. The molecule has 4 rings (SSSR count). The van der Waals surface area contributed by atoms with E-state index in [1.165, 1.54) is 35.2 Å². The number of aryl methyl sites for hydroxylation is 1. The van der Waals surface area contributed by atoms with E-state index in [1.54, 1.807) is 12.1 Å². The van der Waals surface area contributed by atoms with Crippen LogP contribution in [0.5, 0.6) is 0 Å². The van der Waals surface area contributed by atoms with Crippen LogP contribution >= 0.6 is 23.1 Å². The van der Waals surface area contributed by atoms with E-state index in [0.717, 1.165) is 28.2 Å². The number of nitrogens with zero attached hydrogens (tertiary/aromatic N) is 3. The van der Waals surface area contributed by atoms with E-state index >= 15 is 0 Å². The van der Waals surface area contributed by atoms with Gasteiger partial charge in [0.2, 0.25) is 16.9 Å². The van der Waals surface area contributed by atoms with Gasteiger partial charge in [-0.05, 0) is 35.7 Å². The van der Waals surface area contributed by atoms with Gasteiger partial charge in [0.15, 0.2) is 0 Å². The fourth-order valence-electron chi connectivity index (χ4n) is 3.63. The lowest BCUT2D eigenvalue weighted by Gasteiger charge is -2.19. The van der Waals surface area contributed by atoms with E-state index in [0.29, 0.717) is 23.8 Å². The summed E-state index contributed by atoms with van der Waals surface area (Å²) >= 11 is 2.76. The Morgan fingerprint density at radius 2 is 2.00 bits per heavy atom. The number of hydrogen-bond acceptors (Lipinski definition) is 6. The maximum absolute atomic E-state index is 13.0. The summed E-state index contributed by atoms with van der Waals surface area (Å²) in [6.45, 7) is 2.64. The van der Waals surface area contributed by atoms with Crippen LogP contribution in [-0.2, 0) is 21.8 Å². The molecule has 1 saturated heterocycles. The molecule has 6 nitrogen and oxygen atoms in total. The van der Waals surface area contributed by atoms with Gasteiger partial charge < -0.3 is 4.90 Å².